The second-order valence-corrected chi connectivity index (χ2v) is 6.84. The largest absolute Gasteiger partial charge is 0.465 e. The molecular weight excluding hydrogens is 276 g/mol. The quantitative estimate of drug-likeness (QED) is 0.808. The number of carbonyl (C=O) groups excluding carboxylic acids is 1. The van der Waals surface area contributed by atoms with Crippen LogP contribution in [0.5, 0.6) is 0 Å². The second-order valence-electron chi connectivity index (χ2n) is 4.28. The summed E-state index contributed by atoms with van der Waals surface area (Å²) in [7, 11) is -3.61. The van der Waals surface area contributed by atoms with Crippen LogP contribution in [0.3, 0.4) is 0 Å². The molecular formula is C10H16N2O4S2. The normalized spacial score (nSPS) is 12.4. The first-order chi connectivity index (χ1) is 8.16. The van der Waals surface area contributed by atoms with Gasteiger partial charge in [-0.1, -0.05) is 0 Å². The van der Waals surface area contributed by atoms with Gasteiger partial charge in [0.25, 0.3) is 0 Å². The zero-order valence-electron chi connectivity index (χ0n) is 10.5. The van der Waals surface area contributed by atoms with Crippen LogP contribution in [0.4, 0.5) is 0 Å². The predicted molar refractivity (Wildman–Crippen MR) is 68.6 cm³/mol. The first-order valence-electron chi connectivity index (χ1n) is 5.29. The van der Waals surface area contributed by atoms with Crippen molar-refractivity contribution in [3.8, 4) is 0 Å². The summed E-state index contributed by atoms with van der Waals surface area (Å²) in [4.78, 5) is 15.9. The summed E-state index contributed by atoms with van der Waals surface area (Å²) in [6.07, 6.45) is 0. The van der Waals surface area contributed by atoms with Crippen LogP contribution in [0.1, 0.15) is 31.5 Å². The number of rotatable bonds is 5. The van der Waals surface area contributed by atoms with E-state index in [2.05, 4.69) is 4.98 Å². The second kappa shape index (κ2) is 5.33. The number of nitrogens with two attached hydrogens (primary N) is 1. The van der Waals surface area contributed by atoms with E-state index in [1.165, 1.54) is 0 Å². The van der Waals surface area contributed by atoms with Gasteiger partial charge in [0, 0.05) is 5.38 Å². The van der Waals surface area contributed by atoms with Crippen LogP contribution in [-0.2, 0) is 30.7 Å². The molecule has 0 bridgehead atoms. The van der Waals surface area contributed by atoms with Crippen molar-refractivity contribution in [3.05, 3.63) is 16.1 Å². The lowest BCUT2D eigenvalue weighted by atomic mass is 9.90. The molecule has 1 heterocycles. The topological polar surface area (TPSA) is 99.4 Å². The van der Waals surface area contributed by atoms with Crippen molar-refractivity contribution in [3.63, 3.8) is 0 Å². The van der Waals surface area contributed by atoms with Crippen LogP contribution in [0.25, 0.3) is 0 Å². The van der Waals surface area contributed by atoms with Crippen LogP contribution in [0, 0.1) is 0 Å². The molecule has 1 aromatic heterocycles. The van der Waals surface area contributed by atoms with E-state index in [0.29, 0.717) is 10.7 Å². The Morgan fingerprint density at radius 1 is 1.56 bits per heavy atom. The Hall–Kier alpha value is -0.990. The van der Waals surface area contributed by atoms with Gasteiger partial charge in [-0.25, -0.2) is 18.5 Å². The molecule has 0 saturated heterocycles. The Kier molecular flexibility index (Phi) is 4.46. The molecule has 0 amide bonds. The highest BCUT2D eigenvalue weighted by Crippen LogP contribution is 2.26. The molecule has 8 heteroatoms. The number of hydrogen-bond acceptors (Lipinski definition) is 6. The van der Waals surface area contributed by atoms with Gasteiger partial charge in [-0.15, -0.1) is 11.3 Å². The summed E-state index contributed by atoms with van der Waals surface area (Å²) < 4.78 is 26.9. The zero-order valence-corrected chi connectivity index (χ0v) is 12.1. The van der Waals surface area contributed by atoms with Gasteiger partial charge in [-0.3, -0.25) is 4.79 Å². The highest BCUT2D eigenvalue weighted by molar-refractivity contribution is 7.88. The van der Waals surface area contributed by atoms with E-state index in [4.69, 9.17) is 9.88 Å². The fraction of sp³-hybridized carbons (Fsp3) is 0.600. The van der Waals surface area contributed by atoms with Crippen molar-refractivity contribution in [1.82, 2.24) is 4.98 Å². The smallest absolute Gasteiger partial charge is 0.317 e. The maximum absolute atomic E-state index is 11.8. The Morgan fingerprint density at radius 2 is 2.17 bits per heavy atom. The third-order valence-corrected chi connectivity index (χ3v) is 4.01. The monoisotopic (exact) mass is 292 g/mol. The lowest BCUT2D eigenvalue weighted by molar-refractivity contribution is -0.148. The number of primary sulfonamides is 1. The molecule has 1 rings (SSSR count). The number of aromatic nitrogens is 1. The third-order valence-electron chi connectivity index (χ3n) is 2.30. The summed E-state index contributed by atoms with van der Waals surface area (Å²) >= 11 is 1.16. The highest BCUT2D eigenvalue weighted by atomic mass is 32.2. The van der Waals surface area contributed by atoms with E-state index in [9.17, 15) is 13.2 Å². The Bertz CT molecular complexity index is 534. The van der Waals surface area contributed by atoms with Gasteiger partial charge in [0.1, 0.15) is 16.2 Å². The standard InChI is InChI=1S/C10H16N2O4S2/c1-4-16-9(13)10(2,3)7-5-17-8(12-7)6-18(11,14)15/h5H,4,6H2,1-3H3,(H2,11,14,15). The fourth-order valence-electron chi connectivity index (χ4n) is 1.25. The van der Waals surface area contributed by atoms with Crippen molar-refractivity contribution >= 4 is 27.3 Å². The van der Waals surface area contributed by atoms with E-state index in [-0.39, 0.29) is 12.4 Å². The van der Waals surface area contributed by atoms with Gasteiger partial charge in [-0.2, -0.15) is 0 Å². The first kappa shape index (κ1) is 15.1. The summed E-state index contributed by atoms with van der Waals surface area (Å²) in [6.45, 7) is 5.37. The molecule has 0 saturated carbocycles. The minimum atomic E-state index is -3.61. The van der Waals surface area contributed by atoms with Gasteiger partial charge < -0.3 is 4.74 Å². The minimum Gasteiger partial charge on any atom is -0.465 e. The van der Waals surface area contributed by atoms with Crippen LogP contribution in [0.15, 0.2) is 5.38 Å². The Labute approximate surface area is 110 Å². The van der Waals surface area contributed by atoms with Crippen LogP contribution >= 0.6 is 11.3 Å². The highest BCUT2D eigenvalue weighted by Gasteiger charge is 2.34. The minimum absolute atomic E-state index is 0.288. The molecule has 1 aromatic rings. The summed E-state index contributed by atoms with van der Waals surface area (Å²) in [6, 6.07) is 0. The lowest BCUT2D eigenvalue weighted by Crippen LogP contribution is -2.31. The van der Waals surface area contributed by atoms with E-state index in [1.54, 1.807) is 26.2 Å². The lowest BCUT2D eigenvalue weighted by Gasteiger charge is -2.19. The zero-order chi connectivity index (χ0) is 14.0. The average Bonchev–Trinajstić information content (AvgIpc) is 2.64. The van der Waals surface area contributed by atoms with E-state index in [0.717, 1.165) is 11.3 Å². The number of thiazole rings is 1. The summed E-state index contributed by atoms with van der Waals surface area (Å²) in [5, 5.41) is 6.96. The molecule has 6 nitrogen and oxygen atoms in total. The average molecular weight is 292 g/mol. The number of carbonyl (C=O) groups is 1. The number of nitrogens with zero attached hydrogens (tertiary/aromatic N) is 1. The molecule has 0 fully saturated rings. The molecule has 18 heavy (non-hydrogen) atoms. The maximum Gasteiger partial charge on any atom is 0.317 e. The molecule has 0 unspecified atom stereocenters. The van der Waals surface area contributed by atoms with Crippen LogP contribution < -0.4 is 5.14 Å². The molecule has 0 aliphatic heterocycles. The van der Waals surface area contributed by atoms with Gasteiger partial charge >= 0.3 is 5.97 Å². The SMILES string of the molecule is CCOC(=O)C(C)(C)c1csc(CS(N)(=O)=O)n1. The Balaban J connectivity index is 2.94. The van der Waals surface area contributed by atoms with Gasteiger partial charge in [0.15, 0.2) is 0 Å². The van der Waals surface area contributed by atoms with Gasteiger partial charge in [0.05, 0.1) is 12.3 Å². The van der Waals surface area contributed by atoms with Gasteiger partial charge in [0.2, 0.25) is 10.0 Å². The van der Waals surface area contributed by atoms with Crippen molar-refractivity contribution < 1.29 is 17.9 Å². The van der Waals surface area contributed by atoms with E-state index in [1.807, 2.05) is 0 Å². The summed E-state index contributed by atoms with van der Waals surface area (Å²) in [5.74, 6) is -0.714. The number of esters is 1. The van der Waals surface area contributed by atoms with Gasteiger partial charge in [-0.05, 0) is 20.8 Å². The van der Waals surface area contributed by atoms with Crippen molar-refractivity contribution in [2.45, 2.75) is 31.9 Å². The molecule has 0 atom stereocenters. The van der Waals surface area contributed by atoms with Crippen LogP contribution in [-0.4, -0.2) is 26.0 Å². The van der Waals surface area contributed by atoms with Crippen molar-refractivity contribution in [2.75, 3.05) is 6.61 Å². The number of ether oxygens (including phenoxy) is 1. The third kappa shape index (κ3) is 3.76. The van der Waals surface area contributed by atoms with Crippen LogP contribution in [0.2, 0.25) is 0 Å². The van der Waals surface area contributed by atoms with Crippen molar-refractivity contribution in [1.29, 1.82) is 0 Å². The first-order valence-corrected chi connectivity index (χ1v) is 7.89. The fourth-order valence-corrected chi connectivity index (χ4v) is 3.17. The molecule has 2 N–H and O–H groups in total. The molecule has 0 aliphatic rings. The Morgan fingerprint density at radius 3 is 2.67 bits per heavy atom. The molecule has 0 spiro atoms. The van der Waals surface area contributed by atoms with Crippen molar-refractivity contribution in [2.24, 2.45) is 5.14 Å². The van der Waals surface area contributed by atoms with E-state index < -0.39 is 21.4 Å². The molecule has 0 aliphatic carbocycles. The maximum atomic E-state index is 11.8. The van der Waals surface area contributed by atoms with E-state index >= 15 is 0 Å². The molecule has 0 aromatic carbocycles. The number of hydrogen-bond donors (Lipinski definition) is 1. The predicted octanol–water partition coefficient (Wildman–Crippen LogP) is 0.772. The molecule has 102 valence electrons. The summed E-state index contributed by atoms with van der Waals surface area (Å²) in [5.41, 5.74) is -0.409. The molecule has 0 radical (unpaired) electrons. The number of sulfonamides is 1.